The van der Waals surface area contributed by atoms with E-state index in [4.69, 9.17) is 9.84 Å². The molecule has 0 heterocycles. The molecule has 0 spiro atoms. The van der Waals surface area contributed by atoms with Crippen LogP contribution in [0.25, 0.3) is 0 Å². The number of methoxy groups -OCH3 is 1. The Morgan fingerprint density at radius 1 is 1.37 bits per heavy atom. The van der Waals surface area contributed by atoms with Gasteiger partial charge in [-0.15, -0.1) is 0 Å². The van der Waals surface area contributed by atoms with Crippen LogP contribution in [0, 0.1) is 0 Å². The molecule has 104 valence electrons. The lowest BCUT2D eigenvalue weighted by molar-refractivity contribution is -0.140. The smallest absolute Gasteiger partial charge is 0.306 e. The van der Waals surface area contributed by atoms with Gasteiger partial charge in [0.1, 0.15) is 5.75 Å². The third kappa shape index (κ3) is 5.39. The lowest BCUT2D eigenvalue weighted by Gasteiger charge is -2.14. The molecule has 0 aliphatic rings. The van der Waals surface area contributed by atoms with Crippen LogP contribution in [0.15, 0.2) is 24.3 Å². The van der Waals surface area contributed by atoms with E-state index in [0.29, 0.717) is 5.56 Å². The van der Waals surface area contributed by atoms with Crippen LogP contribution in [-0.4, -0.2) is 41.8 Å². The molecule has 0 aromatic heterocycles. The fourth-order valence-corrected chi connectivity index (χ4v) is 1.56. The number of benzene rings is 1. The SMILES string of the molecule is COC(CNC(=O)Cc1ccccc1O)CC(=O)O. The summed E-state index contributed by atoms with van der Waals surface area (Å²) in [6, 6.07) is 6.56. The van der Waals surface area contributed by atoms with Gasteiger partial charge in [-0.2, -0.15) is 0 Å². The van der Waals surface area contributed by atoms with Crippen molar-refractivity contribution in [2.45, 2.75) is 18.9 Å². The Morgan fingerprint density at radius 3 is 2.63 bits per heavy atom. The number of carboxylic acids is 1. The van der Waals surface area contributed by atoms with Crippen LogP contribution in [0.3, 0.4) is 0 Å². The summed E-state index contributed by atoms with van der Waals surface area (Å²) in [7, 11) is 1.39. The van der Waals surface area contributed by atoms with E-state index >= 15 is 0 Å². The van der Waals surface area contributed by atoms with Crippen molar-refractivity contribution in [1.82, 2.24) is 5.32 Å². The van der Waals surface area contributed by atoms with Crippen LogP contribution in [0.2, 0.25) is 0 Å². The lowest BCUT2D eigenvalue weighted by Crippen LogP contribution is -2.35. The summed E-state index contributed by atoms with van der Waals surface area (Å²) in [6.45, 7) is 0.120. The van der Waals surface area contributed by atoms with Crippen molar-refractivity contribution in [3.63, 3.8) is 0 Å². The molecule has 0 saturated heterocycles. The lowest BCUT2D eigenvalue weighted by atomic mass is 10.1. The molecule has 0 saturated carbocycles. The summed E-state index contributed by atoms with van der Waals surface area (Å²) in [5.41, 5.74) is 0.521. The number of aromatic hydroxyl groups is 1. The van der Waals surface area contributed by atoms with E-state index in [2.05, 4.69) is 5.32 Å². The van der Waals surface area contributed by atoms with Gasteiger partial charge in [-0.1, -0.05) is 18.2 Å². The third-order valence-electron chi connectivity index (χ3n) is 2.61. The number of phenolic OH excluding ortho intramolecular Hbond substituents is 1. The molecule has 6 heteroatoms. The van der Waals surface area contributed by atoms with Crippen LogP contribution in [0.4, 0.5) is 0 Å². The predicted molar refractivity (Wildman–Crippen MR) is 67.9 cm³/mol. The number of para-hydroxylation sites is 1. The molecule has 1 atom stereocenters. The quantitative estimate of drug-likeness (QED) is 0.670. The van der Waals surface area contributed by atoms with Crippen LogP contribution < -0.4 is 5.32 Å². The first kappa shape index (κ1) is 15.0. The van der Waals surface area contributed by atoms with E-state index in [9.17, 15) is 14.7 Å². The number of carbonyl (C=O) groups excluding carboxylic acids is 1. The molecule has 0 radical (unpaired) electrons. The Bertz CT molecular complexity index is 446. The molecule has 1 amide bonds. The van der Waals surface area contributed by atoms with Crippen molar-refractivity contribution < 1.29 is 24.5 Å². The molecule has 0 aliphatic heterocycles. The summed E-state index contributed by atoms with van der Waals surface area (Å²) in [5.74, 6) is -1.22. The van der Waals surface area contributed by atoms with Gasteiger partial charge in [-0.25, -0.2) is 0 Å². The van der Waals surface area contributed by atoms with E-state index in [0.717, 1.165) is 0 Å². The Morgan fingerprint density at radius 2 is 2.05 bits per heavy atom. The average molecular weight is 267 g/mol. The number of amides is 1. The number of nitrogens with one attached hydrogen (secondary N) is 1. The maximum absolute atomic E-state index is 11.6. The summed E-state index contributed by atoms with van der Waals surface area (Å²) in [5, 5.41) is 20.7. The highest BCUT2D eigenvalue weighted by Crippen LogP contribution is 2.15. The van der Waals surface area contributed by atoms with Crippen molar-refractivity contribution in [2.75, 3.05) is 13.7 Å². The van der Waals surface area contributed by atoms with Crippen LogP contribution in [-0.2, 0) is 20.7 Å². The minimum atomic E-state index is -0.984. The van der Waals surface area contributed by atoms with Crippen molar-refractivity contribution >= 4 is 11.9 Å². The highest BCUT2D eigenvalue weighted by atomic mass is 16.5. The standard InChI is InChI=1S/C13H17NO5/c1-19-10(7-13(17)18)8-14-12(16)6-9-4-2-3-5-11(9)15/h2-5,10,15H,6-8H2,1H3,(H,14,16)(H,17,18). The number of phenols is 1. The first-order valence-electron chi connectivity index (χ1n) is 5.81. The van der Waals surface area contributed by atoms with E-state index in [1.165, 1.54) is 13.2 Å². The Hall–Kier alpha value is -2.08. The zero-order chi connectivity index (χ0) is 14.3. The maximum Gasteiger partial charge on any atom is 0.306 e. The van der Waals surface area contributed by atoms with Crippen LogP contribution in [0.5, 0.6) is 5.75 Å². The van der Waals surface area contributed by atoms with E-state index in [-0.39, 0.29) is 31.0 Å². The molecule has 19 heavy (non-hydrogen) atoms. The number of hydrogen-bond donors (Lipinski definition) is 3. The second-order valence-corrected chi connectivity index (χ2v) is 4.07. The molecule has 1 aromatic rings. The molecule has 0 aliphatic carbocycles. The molecule has 1 unspecified atom stereocenters. The molecule has 0 fully saturated rings. The monoisotopic (exact) mass is 267 g/mol. The maximum atomic E-state index is 11.6. The Balaban J connectivity index is 2.43. The van der Waals surface area contributed by atoms with Gasteiger partial charge in [0.15, 0.2) is 0 Å². The first-order valence-corrected chi connectivity index (χ1v) is 5.81. The zero-order valence-electron chi connectivity index (χ0n) is 10.6. The fourth-order valence-electron chi connectivity index (χ4n) is 1.56. The largest absolute Gasteiger partial charge is 0.508 e. The molecule has 6 nitrogen and oxygen atoms in total. The predicted octanol–water partition coefficient (Wildman–Crippen LogP) is 0.541. The van der Waals surface area contributed by atoms with Gasteiger partial charge in [0.25, 0.3) is 0 Å². The van der Waals surface area contributed by atoms with Gasteiger partial charge in [-0.3, -0.25) is 9.59 Å². The number of carbonyl (C=O) groups is 2. The van der Waals surface area contributed by atoms with Gasteiger partial charge < -0.3 is 20.3 Å². The van der Waals surface area contributed by atoms with Gasteiger partial charge in [-0.05, 0) is 6.07 Å². The normalized spacial score (nSPS) is 11.8. The second-order valence-electron chi connectivity index (χ2n) is 4.07. The molecular weight excluding hydrogens is 250 g/mol. The molecule has 3 N–H and O–H groups in total. The summed E-state index contributed by atoms with van der Waals surface area (Å²) < 4.78 is 4.94. The van der Waals surface area contributed by atoms with Crippen molar-refractivity contribution in [3.8, 4) is 5.75 Å². The zero-order valence-corrected chi connectivity index (χ0v) is 10.6. The van der Waals surface area contributed by atoms with Crippen molar-refractivity contribution in [2.24, 2.45) is 0 Å². The van der Waals surface area contributed by atoms with Gasteiger partial charge >= 0.3 is 5.97 Å². The van der Waals surface area contributed by atoms with Crippen LogP contribution >= 0.6 is 0 Å². The molecule has 0 bridgehead atoms. The number of hydrogen-bond acceptors (Lipinski definition) is 4. The number of ether oxygens (including phenoxy) is 1. The number of carboxylic acid groups (broad SMARTS) is 1. The summed E-state index contributed by atoms with van der Waals surface area (Å²) in [6.07, 6.45) is -0.699. The minimum Gasteiger partial charge on any atom is -0.508 e. The number of rotatable bonds is 7. The highest BCUT2D eigenvalue weighted by Gasteiger charge is 2.14. The van der Waals surface area contributed by atoms with E-state index < -0.39 is 12.1 Å². The topological polar surface area (TPSA) is 95.9 Å². The Labute approximate surface area is 111 Å². The third-order valence-corrected chi connectivity index (χ3v) is 2.61. The first-order chi connectivity index (χ1) is 9.02. The summed E-state index contributed by atoms with van der Waals surface area (Å²) in [4.78, 5) is 22.2. The minimum absolute atomic E-state index is 0.0379. The van der Waals surface area contributed by atoms with Crippen molar-refractivity contribution in [1.29, 1.82) is 0 Å². The van der Waals surface area contributed by atoms with E-state index in [1.807, 2.05) is 0 Å². The fraction of sp³-hybridized carbons (Fsp3) is 0.385. The second kappa shape index (κ2) is 7.38. The highest BCUT2D eigenvalue weighted by molar-refractivity contribution is 5.79. The van der Waals surface area contributed by atoms with Gasteiger partial charge in [0.2, 0.25) is 5.91 Å². The Kier molecular flexibility index (Phi) is 5.81. The van der Waals surface area contributed by atoms with E-state index in [1.54, 1.807) is 18.2 Å². The summed E-state index contributed by atoms with van der Waals surface area (Å²) >= 11 is 0. The molecule has 1 aromatic carbocycles. The van der Waals surface area contributed by atoms with Crippen LogP contribution in [0.1, 0.15) is 12.0 Å². The van der Waals surface area contributed by atoms with Gasteiger partial charge in [0.05, 0.1) is 18.9 Å². The van der Waals surface area contributed by atoms with Gasteiger partial charge in [0, 0.05) is 19.2 Å². The average Bonchev–Trinajstić information content (AvgIpc) is 2.37. The number of aliphatic carboxylic acids is 1. The molecular formula is C13H17NO5. The molecule has 1 rings (SSSR count). The van der Waals surface area contributed by atoms with Crippen molar-refractivity contribution in [3.05, 3.63) is 29.8 Å².